The summed E-state index contributed by atoms with van der Waals surface area (Å²) in [5.41, 5.74) is 2.57. The Morgan fingerprint density at radius 3 is 1.22 bits per heavy atom. The summed E-state index contributed by atoms with van der Waals surface area (Å²) in [5.74, 6) is -0.461. The molecule has 21 unspecified atom stereocenters. The molecule has 0 aromatic heterocycles. The van der Waals surface area contributed by atoms with E-state index < -0.39 is 54.2 Å². The van der Waals surface area contributed by atoms with Gasteiger partial charge in [-0.1, -0.05) is 12.1 Å². The van der Waals surface area contributed by atoms with Crippen molar-refractivity contribution in [1.82, 2.24) is 0 Å². The first kappa shape index (κ1) is 37.2. The Hall–Kier alpha value is -2.18. The molecule has 0 radical (unpaired) electrons. The van der Waals surface area contributed by atoms with Crippen LogP contribution in [0.5, 0.6) is 5.75 Å². The van der Waals surface area contributed by atoms with Crippen molar-refractivity contribution in [3.63, 3.8) is 0 Å². The summed E-state index contributed by atoms with van der Waals surface area (Å²) in [6.07, 6.45) is 17.6. The van der Waals surface area contributed by atoms with E-state index in [0.29, 0.717) is 76.2 Å². The molecule has 2 aromatic rings. The van der Waals surface area contributed by atoms with E-state index in [0.717, 1.165) is 67.6 Å². The highest BCUT2D eigenvalue weighted by Gasteiger charge is 2.66. The molecular weight excluding hydrogens is 813 g/mol. The monoisotopic (exact) mass is 865 g/mol. The van der Waals surface area contributed by atoms with Crippen LogP contribution in [0.4, 0.5) is 17.6 Å². The molecular formula is C48H53F4O6S2-. The van der Waals surface area contributed by atoms with Gasteiger partial charge in [-0.2, -0.15) is 17.2 Å². The Balaban J connectivity index is 0.951. The standard InChI is InChI=1S/C48H54F4O6S2/c49-42-44(51)48(59(53,54)55)45(52)43(50)46(42)58-60(56,57)47-34(29-13-26-16-32(29)40-22-5-2-19(8-22)37(26)40)10-24(28-12-25-15-31(28)39-21-4-1-18(7-21)36(25)39)11-35(47)30-14-27-17-33(30)41-23-6-3-20(9-23)38(27)41/h10-11,18-23,25-33,36-41H,1-9,12-17H2,(H,53,54,55)/p-1. The number of halogens is 4. The van der Waals surface area contributed by atoms with Crippen LogP contribution in [0.2, 0.25) is 0 Å². The molecule has 14 rings (SSSR count). The second-order valence-electron chi connectivity index (χ2n) is 22.9. The van der Waals surface area contributed by atoms with Crippen LogP contribution in [0, 0.1) is 130 Å². The summed E-state index contributed by atoms with van der Waals surface area (Å²) in [6.45, 7) is 0. The van der Waals surface area contributed by atoms with Gasteiger partial charge in [0.05, 0.1) is 0 Å². The van der Waals surface area contributed by atoms with Crippen LogP contribution in [0.25, 0.3) is 0 Å². The Morgan fingerprint density at radius 1 is 0.450 bits per heavy atom. The number of hydrogen-bond donors (Lipinski definition) is 0. The van der Waals surface area contributed by atoms with Gasteiger partial charge in [0.25, 0.3) is 0 Å². The van der Waals surface area contributed by atoms with Crippen LogP contribution in [0.15, 0.2) is 21.9 Å². The lowest BCUT2D eigenvalue weighted by Gasteiger charge is -2.42. The van der Waals surface area contributed by atoms with E-state index in [1.54, 1.807) is 0 Å². The third kappa shape index (κ3) is 4.66. The van der Waals surface area contributed by atoms with Crippen molar-refractivity contribution in [2.75, 3.05) is 0 Å². The van der Waals surface area contributed by atoms with Gasteiger partial charge in [-0.15, -0.1) is 0 Å². The van der Waals surface area contributed by atoms with Crippen molar-refractivity contribution >= 4 is 20.2 Å². The fourth-order valence-electron chi connectivity index (χ4n) is 20.6. The van der Waals surface area contributed by atoms with Gasteiger partial charge < -0.3 is 8.74 Å². The van der Waals surface area contributed by atoms with E-state index >= 15 is 26.0 Å². The molecule has 0 N–H and O–H groups in total. The van der Waals surface area contributed by atoms with Crippen molar-refractivity contribution in [3.05, 3.63) is 52.1 Å². The zero-order chi connectivity index (χ0) is 40.6. The summed E-state index contributed by atoms with van der Waals surface area (Å²) < 4.78 is 133. The maximum atomic E-state index is 15.7. The van der Waals surface area contributed by atoms with Gasteiger partial charge in [0.1, 0.15) is 19.9 Å². The molecule has 0 amide bonds. The van der Waals surface area contributed by atoms with Gasteiger partial charge >= 0.3 is 10.1 Å². The summed E-state index contributed by atoms with van der Waals surface area (Å²) >= 11 is 0. The fraction of sp³-hybridized carbons (Fsp3) is 0.750. The summed E-state index contributed by atoms with van der Waals surface area (Å²) in [4.78, 5) is -2.40. The van der Waals surface area contributed by atoms with Crippen molar-refractivity contribution in [2.45, 2.75) is 124 Å². The second-order valence-corrected chi connectivity index (χ2v) is 25.7. The van der Waals surface area contributed by atoms with Crippen LogP contribution < -0.4 is 4.18 Å². The Bertz CT molecular complexity index is 2390. The lowest BCUT2D eigenvalue weighted by molar-refractivity contribution is 0.126. The zero-order valence-electron chi connectivity index (χ0n) is 33.7. The van der Waals surface area contributed by atoms with E-state index in [2.05, 4.69) is 12.1 Å². The summed E-state index contributed by atoms with van der Waals surface area (Å²) in [5, 5.41) is 0. The molecule has 60 heavy (non-hydrogen) atoms. The molecule has 0 aliphatic heterocycles. The van der Waals surface area contributed by atoms with Crippen LogP contribution in [0.3, 0.4) is 0 Å². The van der Waals surface area contributed by atoms with Crippen LogP contribution in [-0.4, -0.2) is 21.4 Å². The summed E-state index contributed by atoms with van der Waals surface area (Å²) in [6, 6.07) is 4.32. The number of benzene rings is 2. The molecule has 12 saturated carbocycles. The predicted octanol–water partition coefficient (Wildman–Crippen LogP) is 10.3. The van der Waals surface area contributed by atoms with Gasteiger partial charge in [-0.25, -0.2) is 17.2 Å². The molecule has 12 bridgehead atoms. The second kappa shape index (κ2) is 12.1. The van der Waals surface area contributed by atoms with E-state index in [9.17, 15) is 13.0 Å². The van der Waals surface area contributed by atoms with Crippen LogP contribution in [0.1, 0.15) is 131 Å². The Labute approximate surface area is 350 Å². The quantitative estimate of drug-likeness (QED) is 0.0904. The normalized spacial score (nSPS) is 49.2. The van der Waals surface area contributed by atoms with Crippen molar-refractivity contribution < 1.29 is 43.1 Å². The molecule has 2 aromatic carbocycles. The van der Waals surface area contributed by atoms with Crippen molar-refractivity contribution in [3.8, 4) is 5.75 Å². The maximum Gasteiger partial charge on any atom is 0.339 e. The topological polar surface area (TPSA) is 101 Å². The Kier molecular flexibility index (Phi) is 7.52. The molecule has 12 fully saturated rings. The minimum absolute atomic E-state index is 0.0677. The highest BCUT2D eigenvalue weighted by Crippen LogP contribution is 2.74. The van der Waals surface area contributed by atoms with Crippen molar-refractivity contribution in [1.29, 1.82) is 0 Å². The Morgan fingerprint density at radius 2 is 0.817 bits per heavy atom. The first-order chi connectivity index (χ1) is 28.7. The molecule has 0 spiro atoms. The minimum Gasteiger partial charge on any atom is -0.744 e. The lowest BCUT2D eigenvalue weighted by atomic mass is 9.63. The molecule has 0 saturated heterocycles. The fourth-order valence-corrected chi connectivity index (χ4v) is 22.6. The first-order valence-electron chi connectivity index (χ1n) is 23.7. The number of fused-ring (bicyclic) bond motifs is 27. The average Bonchev–Trinajstić information content (AvgIpc) is 4.07. The van der Waals surface area contributed by atoms with E-state index in [1.165, 1.54) is 69.8 Å². The number of rotatable bonds is 7. The largest absolute Gasteiger partial charge is 0.744 e. The smallest absolute Gasteiger partial charge is 0.339 e. The molecule has 322 valence electrons. The third-order valence-electron chi connectivity index (χ3n) is 21.5. The van der Waals surface area contributed by atoms with Crippen LogP contribution in [-0.2, 0) is 20.2 Å². The zero-order valence-corrected chi connectivity index (χ0v) is 35.3. The molecule has 21 atom stereocenters. The maximum absolute atomic E-state index is 15.7. The van der Waals surface area contributed by atoms with Crippen LogP contribution >= 0.6 is 0 Å². The highest BCUT2D eigenvalue weighted by molar-refractivity contribution is 7.87. The van der Waals surface area contributed by atoms with Gasteiger partial charge in [0.15, 0.2) is 11.6 Å². The van der Waals surface area contributed by atoms with Gasteiger partial charge in [-0.3, -0.25) is 0 Å². The lowest BCUT2D eigenvalue weighted by Crippen LogP contribution is -2.35. The predicted molar refractivity (Wildman–Crippen MR) is 209 cm³/mol. The minimum atomic E-state index is -6.00. The molecule has 0 heterocycles. The first-order valence-corrected chi connectivity index (χ1v) is 26.5. The van der Waals surface area contributed by atoms with Gasteiger partial charge in [0, 0.05) is 0 Å². The molecule has 12 heteroatoms. The third-order valence-corrected chi connectivity index (χ3v) is 23.7. The SMILES string of the molecule is O=S(=O)([O-])c1c(F)c(F)c(OS(=O)(=O)c2c(C3CC4CC3C3C5CCC(C5)C43)cc(C3CC4CC3C3C5CCC(C5)C43)cc2C2CC3CC2C2C4CCC(C4)C32)c(F)c1F. The van der Waals surface area contributed by atoms with Gasteiger partial charge in [0.2, 0.25) is 17.4 Å². The molecule has 6 nitrogen and oxygen atoms in total. The molecule has 12 aliphatic carbocycles. The van der Waals surface area contributed by atoms with E-state index in [4.69, 9.17) is 4.18 Å². The molecule has 12 aliphatic rings. The summed E-state index contributed by atoms with van der Waals surface area (Å²) in [7, 11) is -11.2. The van der Waals surface area contributed by atoms with E-state index in [1.807, 2.05) is 0 Å². The number of hydrogen-bond acceptors (Lipinski definition) is 6. The van der Waals surface area contributed by atoms with E-state index in [-0.39, 0.29) is 28.6 Å². The average molecular weight is 866 g/mol. The van der Waals surface area contributed by atoms with Crippen molar-refractivity contribution in [2.24, 2.45) is 107 Å². The van der Waals surface area contributed by atoms with Gasteiger partial charge in [-0.05, 0) is 237 Å². The highest BCUT2D eigenvalue weighted by atomic mass is 32.2.